The van der Waals surface area contributed by atoms with Gasteiger partial charge in [0, 0.05) is 24.8 Å². The number of hydrogen-bond acceptors (Lipinski definition) is 4. The highest BCUT2D eigenvalue weighted by molar-refractivity contribution is 5.67. The number of benzene rings is 1. The summed E-state index contributed by atoms with van der Waals surface area (Å²) in [6.07, 6.45) is 1.54. The van der Waals surface area contributed by atoms with Crippen LogP contribution < -0.4 is 5.32 Å². The average Bonchev–Trinajstić information content (AvgIpc) is 2.48. The lowest BCUT2D eigenvalue weighted by Gasteiger charge is -2.31. The summed E-state index contributed by atoms with van der Waals surface area (Å²) in [5.74, 6) is 0. The average molecular weight is 259 g/mol. The van der Waals surface area contributed by atoms with Crippen LogP contribution in [-0.2, 0) is 4.74 Å². The van der Waals surface area contributed by atoms with E-state index >= 15 is 0 Å². The van der Waals surface area contributed by atoms with Crippen LogP contribution in [0.2, 0.25) is 0 Å². The molecule has 0 radical (unpaired) electrons. The molecular formula is C14H17N3O2. The van der Waals surface area contributed by atoms with Crippen molar-refractivity contribution in [1.29, 1.82) is 5.26 Å². The number of rotatable bonds is 2. The molecule has 100 valence electrons. The number of piperidine rings is 1. The summed E-state index contributed by atoms with van der Waals surface area (Å²) in [5, 5.41) is 12.2. The summed E-state index contributed by atoms with van der Waals surface area (Å²) < 4.78 is 4.70. The zero-order valence-corrected chi connectivity index (χ0v) is 10.9. The lowest BCUT2D eigenvalue weighted by molar-refractivity contribution is 0.113. The van der Waals surface area contributed by atoms with Crippen LogP contribution in [0.4, 0.5) is 10.5 Å². The van der Waals surface area contributed by atoms with Crippen LogP contribution in [0.3, 0.4) is 0 Å². The van der Waals surface area contributed by atoms with Gasteiger partial charge in [0.05, 0.1) is 18.7 Å². The molecule has 5 heteroatoms. The van der Waals surface area contributed by atoms with Crippen molar-refractivity contribution in [2.24, 2.45) is 0 Å². The summed E-state index contributed by atoms with van der Waals surface area (Å²) in [6.45, 7) is 1.42. The van der Waals surface area contributed by atoms with E-state index in [9.17, 15) is 4.79 Å². The van der Waals surface area contributed by atoms with Crippen molar-refractivity contribution in [3.05, 3.63) is 29.8 Å². The van der Waals surface area contributed by atoms with E-state index in [1.54, 1.807) is 17.0 Å². The van der Waals surface area contributed by atoms with E-state index in [0.29, 0.717) is 24.7 Å². The van der Waals surface area contributed by atoms with Gasteiger partial charge >= 0.3 is 6.09 Å². The number of carbonyl (C=O) groups is 1. The highest BCUT2D eigenvalue weighted by Gasteiger charge is 2.22. The molecule has 1 aliphatic heterocycles. The molecular weight excluding hydrogens is 242 g/mol. The Kier molecular flexibility index (Phi) is 4.24. The second-order valence-corrected chi connectivity index (χ2v) is 4.56. The van der Waals surface area contributed by atoms with Gasteiger partial charge in [-0.15, -0.1) is 0 Å². The monoisotopic (exact) mass is 259 g/mol. The zero-order chi connectivity index (χ0) is 13.7. The fourth-order valence-electron chi connectivity index (χ4n) is 2.21. The lowest BCUT2D eigenvalue weighted by Crippen LogP contribution is -2.42. The van der Waals surface area contributed by atoms with Gasteiger partial charge in [-0.3, -0.25) is 0 Å². The molecule has 2 rings (SSSR count). The van der Waals surface area contributed by atoms with E-state index in [4.69, 9.17) is 10.00 Å². The number of carbonyl (C=O) groups excluding carboxylic acids is 1. The van der Waals surface area contributed by atoms with Gasteiger partial charge in [0.2, 0.25) is 0 Å². The summed E-state index contributed by atoms with van der Waals surface area (Å²) >= 11 is 0. The molecule has 1 fully saturated rings. The maximum Gasteiger partial charge on any atom is 0.409 e. The van der Waals surface area contributed by atoms with Gasteiger partial charge in [-0.25, -0.2) is 4.79 Å². The van der Waals surface area contributed by atoms with Crippen LogP contribution in [-0.4, -0.2) is 37.2 Å². The quantitative estimate of drug-likeness (QED) is 0.884. The first kappa shape index (κ1) is 13.2. The Balaban J connectivity index is 1.85. The molecule has 0 unspecified atom stereocenters. The van der Waals surface area contributed by atoms with E-state index in [-0.39, 0.29) is 6.09 Å². The standard InChI is InChI=1S/C14H17N3O2/c1-19-14(18)17-8-6-13(7-9-17)16-12-4-2-11(10-15)3-5-12/h2-5,13,16H,6-9H2,1H3. The van der Waals surface area contributed by atoms with Crippen LogP contribution >= 0.6 is 0 Å². The predicted octanol–water partition coefficient (Wildman–Crippen LogP) is 2.20. The highest BCUT2D eigenvalue weighted by Crippen LogP contribution is 2.17. The predicted molar refractivity (Wildman–Crippen MR) is 71.8 cm³/mol. The first-order valence-corrected chi connectivity index (χ1v) is 6.32. The van der Waals surface area contributed by atoms with Crippen molar-refractivity contribution in [2.45, 2.75) is 18.9 Å². The summed E-state index contributed by atoms with van der Waals surface area (Å²) in [7, 11) is 1.41. The lowest BCUT2D eigenvalue weighted by atomic mass is 10.0. The van der Waals surface area contributed by atoms with Gasteiger partial charge < -0.3 is 15.0 Å². The summed E-state index contributed by atoms with van der Waals surface area (Å²) in [6, 6.07) is 9.86. The van der Waals surface area contributed by atoms with Crippen LogP contribution in [0.15, 0.2) is 24.3 Å². The molecule has 1 aliphatic rings. The third-order valence-corrected chi connectivity index (χ3v) is 3.31. The molecule has 1 amide bonds. The Hall–Kier alpha value is -2.22. The highest BCUT2D eigenvalue weighted by atomic mass is 16.5. The van der Waals surface area contributed by atoms with Crippen LogP contribution in [0.25, 0.3) is 0 Å². The van der Waals surface area contributed by atoms with Gasteiger partial charge in [-0.1, -0.05) is 0 Å². The Morgan fingerprint density at radius 2 is 2.00 bits per heavy atom. The second kappa shape index (κ2) is 6.10. The van der Waals surface area contributed by atoms with Crippen LogP contribution in [0.1, 0.15) is 18.4 Å². The first-order chi connectivity index (χ1) is 9.22. The topological polar surface area (TPSA) is 65.4 Å². The molecule has 0 aromatic heterocycles. The number of methoxy groups -OCH3 is 1. The van der Waals surface area contributed by atoms with E-state index in [2.05, 4.69) is 11.4 Å². The van der Waals surface area contributed by atoms with Crippen LogP contribution in [0, 0.1) is 11.3 Å². The maximum absolute atomic E-state index is 11.4. The van der Waals surface area contributed by atoms with Crippen molar-refractivity contribution < 1.29 is 9.53 Å². The number of hydrogen-bond donors (Lipinski definition) is 1. The first-order valence-electron chi connectivity index (χ1n) is 6.32. The molecule has 5 nitrogen and oxygen atoms in total. The molecule has 0 bridgehead atoms. The minimum atomic E-state index is -0.253. The maximum atomic E-state index is 11.4. The largest absolute Gasteiger partial charge is 0.453 e. The van der Waals surface area contributed by atoms with Crippen molar-refractivity contribution in [3.63, 3.8) is 0 Å². The number of nitrogens with one attached hydrogen (secondary N) is 1. The normalized spacial score (nSPS) is 15.7. The Bertz CT molecular complexity index is 470. The minimum absolute atomic E-state index is 0.253. The molecule has 19 heavy (non-hydrogen) atoms. The molecule has 1 heterocycles. The minimum Gasteiger partial charge on any atom is -0.453 e. The molecule has 1 saturated heterocycles. The number of amides is 1. The number of likely N-dealkylation sites (tertiary alicyclic amines) is 1. The van der Waals surface area contributed by atoms with Gasteiger partial charge in [0.15, 0.2) is 0 Å². The van der Waals surface area contributed by atoms with Crippen molar-refractivity contribution in [3.8, 4) is 6.07 Å². The van der Waals surface area contributed by atoms with E-state index in [1.165, 1.54) is 7.11 Å². The SMILES string of the molecule is COC(=O)N1CCC(Nc2ccc(C#N)cc2)CC1. The molecule has 1 aromatic rings. The molecule has 0 saturated carbocycles. The number of nitrogens with zero attached hydrogens (tertiary/aromatic N) is 2. The molecule has 0 atom stereocenters. The Morgan fingerprint density at radius 3 is 2.53 bits per heavy atom. The third kappa shape index (κ3) is 3.38. The van der Waals surface area contributed by atoms with Crippen LogP contribution in [0.5, 0.6) is 0 Å². The molecule has 0 spiro atoms. The van der Waals surface area contributed by atoms with Gasteiger partial charge in [-0.05, 0) is 37.1 Å². The fourth-order valence-corrected chi connectivity index (χ4v) is 2.21. The Morgan fingerprint density at radius 1 is 1.37 bits per heavy atom. The Labute approximate surface area is 112 Å². The van der Waals surface area contributed by atoms with E-state index in [1.807, 2.05) is 12.1 Å². The van der Waals surface area contributed by atoms with Gasteiger partial charge in [0.1, 0.15) is 0 Å². The van der Waals surface area contributed by atoms with E-state index < -0.39 is 0 Å². The van der Waals surface area contributed by atoms with Gasteiger partial charge in [0.25, 0.3) is 0 Å². The van der Waals surface area contributed by atoms with E-state index in [0.717, 1.165) is 18.5 Å². The number of anilines is 1. The second-order valence-electron chi connectivity index (χ2n) is 4.56. The fraction of sp³-hybridized carbons (Fsp3) is 0.429. The van der Waals surface area contributed by atoms with Crippen molar-refractivity contribution >= 4 is 11.8 Å². The molecule has 0 aliphatic carbocycles. The smallest absolute Gasteiger partial charge is 0.409 e. The van der Waals surface area contributed by atoms with Crippen molar-refractivity contribution in [1.82, 2.24) is 4.90 Å². The van der Waals surface area contributed by atoms with Gasteiger partial charge in [-0.2, -0.15) is 5.26 Å². The number of ether oxygens (including phenoxy) is 1. The van der Waals surface area contributed by atoms with Crippen molar-refractivity contribution in [2.75, 3.05) is 25.5 Å². The zero-order valence-electron chi connectivity index (χ0n) is 10.9. The summed E-state index contributed by atoms with van der Waals surface area (Å²) in [4.78, 5) is 13.1. The number of nitriles is 1. The molecule has 1 N–H and O–H groups in total. The third-order valence-electron chi connectivity index (χ3n) is 3.31. The molecule has 1 aromatic carbocycles. The summed E-state index contributed by atoms with van der Waals surface area (Å²) in [5.41, 5.74) is 1.67.